The second-order valence-electron chi connectivity index (χ2n) is 6.41. The largest absolute Gasteiger partial charge is 0.854 e. The third kappa shape index (κ3) is 2.90. The Balaban J connectivity index is 2.08. The lowest BCUT2D eigenvalue weighted by Gasteiger charge is -2.32. The number of aryl methyl sites for hydroxylation is 1. The van der Waals surface area contributed by atoms with Crippen LogP contribution in [0, 0.1) is 6.92 Å². The summed E-state index contributed by atoms with van der Waals surface area (Å²) in [7, 11) is 0. The first-order valence-electron chi connectivity index (χ1n) is 8.95. The average molecular weight is 393 g/mol. The third-order valence-electron chi connectivity index (χ3n) is 4.65. The summed E-state index contributed by atoms with van der Waals surface area (Å²) in [5, 5.41) is 17.8. The van der Waals surface area contributed by atoms with Gasteiger partial charge >= 0.3 is 6.17 Å². The molecule has 0 saturated heterocycles. The number of hydrogen-bond acceptors (Lipinski definition) is 6. The number of hydrogen-bond donors (Lipinski definition) is 0. The van der Waals surface area contributed by atoms with Crippen molar-refractivity contribution in [2.75, 3.05) is 11.2 Å². The lowest BCUT2D eigenvalue weighted by atomic mass is 10.0. The maximum atomic E-state index is 13.0. The maximum Gasteiger partial charge on any atom is 0.309 e. The van der Waals surface area contributed by atoms with E-state index in [1.807, 2.05) is 62.6 Å². The minimum absolute atomic E-state index is 0.0735. The van der Waals surface area contributed by atoms with Crippen molar-refractivity contribution < 1.29 is 14.6 Å². The molecule has 3 heterocycles. The molecule has 28 heavy (non-hydrogen) atoms. The van der Waals surface area contributed by atoms with Crippen molar-refractivity contribution in [2.24, 2.45) is 0 Å². The average Bonchev–Trinajstić information content (AvgIpc) is 2.71. The van der Waals surface area contributed by atoms with E-state index in [1.54, 1.807) is 9.58 Å². The van der Waals surface area contributed by atoms with Crippen molar-refractivity contribution in [3.8, 4) is 17.1 Å². The lowest BCUT2D eigenvalue weighted by Crippen LogP contribution is -2.59. The summed E-state index contributed by atoms with van der Waals surface area (Å²) in [6, 6.07) is 13.0. The number of anilines is 1. The summed E-state index contributed by atoms with van der Waals surface area (Å²) < 4.78 is 1.60. The summed E-state index contributed by atoms with van der Waals surface area (Å²) in [6.07, 6.45) is 1.48. The van der Waals surface area contributed by atoms with Crippen LogP contribution in [0.5, 0.6) is 5.88 Å². The standard InChI is InChI=1S/C20H19N5O2S/c1-4-16(26)24-15-11-6-5-9-13(15)17-18(27)22-20(28-3)23-25(17)19(24)14-10-7-8-12(2)21-14/h5-11,19H,4H2,1-3H3. The van der Waals surface area contributed by atoms with E-state index in [9.17, 15) is 9.90 Å². The fraction of sp³-hybridized carbons (Fsp3) is 0.250. The van der Waals surface area contributed by atoms with Crippen molar-refractivity contribution in [3.63, 3.8) is 0 Å². The van der Waals surface area contributed by atoms with Gasteiger partial charge in [0.1, 0.15) is 5.69 Å². The van der Waals surface area contributed by atoms with E-state index >= 15 is 0 Å². The van der Waals surface area contributed by atoms with Crippen LogP contribution in [0.4, 0.5) is 5.69 Å². The molecule has 1 atom stereocenters. The Bertz CT molecular complexity index is 1070. The topological polar surface area (TPSA) is 85.9 Å². The molecule has 8 heteroatoms. The van der Waals surface area contributed by atoms with Gasteiger partial charge in [0.2, 0.25) is 5.91 Å². The number of aromatic nitrogens is 4. The molecule has 1 aliphatic rings. The van der Waals surface area contributed by atoms with Crippen LogP contribution in [0.15, 0.2) is 47.6 Å². The molecule has 1 aliphatic heterocycles. The molecule has 7 nitrogen and oxygen atoms in total. The second kappa shape index (κ2) is 7.20. The highest BCUT2D eigenvalue weighted by Crippen LogP contribution is 2.40. The number of thioether (sulfide) groups is 1. The van der Waals surface area contributed by atoms with Gasteiger partial charge in [-0.25, -0.2) is 14.9 Å². The first kappa shape index (κ1) is 18.4. The number of nitrogens with zero attached hydrogens (tertiary/aromatic N) is 5. The molecule has 2 aromatic heterocycles. The Labute approximate surface area is 167 Å². The van der Waals surface area contributed by atoms with Crippen molar-refractivity contribution in [3.05, 3.63) is 53.9 Å². The summed E-state index contributed by atoms with van der Waals surface area (Å²) in [4.78, 5) is 23.4. The highest BCUT2D eigenvalue weighted by atomic mass is 32.2. The minimum atomic E-state index is -0.654. The lowest BCUT2D eigenvalue weighted by molar-refractivity contribution is -0.764. The van der Waals surface area contributed by atoms with E-state index in [0.29, 0.717) is 34.2 Å². The molecule has 0 bridgehead atoms. The Hall–Kier alpha value is -3.00. The SMILES string of the molecule is CCC(=O)N1c2ccccc2-c2c([O-])nc(SC)n[n+]2C1c1cccc(C)n1. The molecular formula is C20H19N5O2S. The van der Waals surface area contributed by atoms with E-state index in [0.717, 1.165) is 5.69 Å². The van der Waals surface area contributed by atoms with Gasteiger partial charge in [-0.2, -0.15) is 0 Å². The van der Waals surface area contributed by atoms with Gasteiger partial charge < -0.3 is 5.11 Å². The summed E-state index contributed by atoms with van der Waals surface area (Å²) in [5.74, 6) is -0.441. The fourth-order valence-electron chi connectivity index (χ4n) is 3.44. The molecule has 1 amide bonds. The zero-order chi connectivity index (χ0) is 19.8. The van der Waals surface area contributed by atoms with Gasteiger partial charge in [0.15, 0.2) is 0 Å². The Kier molecular flexibility index (Phi) is 4.72. The van der Waals surface area contributed by atoms with Gasteiger partial charge in [-0.05, 0) is 37.4 Å². The van der Waals surface area contributed by atoms with Gasteiger partial charge in [-0.15, -0.1) is 0 Å². The number of pyridine rings is 1. The Morgan fingerprint density at radius 1 is 1.21 bits per heavy atom. The second-order valence-corrected chi connectivity index (χ2v) is 7.18. The molecule has 1 unspecified atom stereocenters. The molecule has 142 valence electrons. The third-order valence-corrected chi connectivity index (χ3v) is 5.18. The summed E-state index contributed by atoms with van der Waals surface area (Å²) in [6.45, 7) is 3.71. The first-order valence-corrected chi connectivity index (χ1v) is 10.2. The molecule has 1 aromatic carbocycles. The van der Waals surface area contributed by atoms with Crippen LogP contribution < -0.4 is 14.7 Å². The summed E-state index contributed by atoms with van der Waals surface area (Å²) in [5.41, 5.74) is 3.14. The molecule has 0 spiro atoms. The predicted molar refractivity (Wildman–Crippen MR) is 104 cm³/mol. The maximum absolute atomic E-state index is 13.0. The Morgan fingerprint density at radius 3 is 2.71 bits per heavy atom. The zero-order valence-corrected chi connectivity index (χ0v) is 16.6. The molecule has 0 saturated carbocycles. The van der Waals surface area contributed by atoms with Crippen molar-refractivity contribution >= 4 is 23.4 Å². The number of benzene rings is 1. The number of amides is 1. The molecule has 0 aliphatic carbocycles. The molecule has 0 radical (unpaired) electrons. The van der Waals surface area contributed by atoms with Crippen LogP contribution in [-0.4, -0.2) is 27.2 Å². The van der Waals surface area contributed by atoms with Crippen LogP contribution in [-0.2, 0) is 4.79 Å². The number of carbonyl (C=O) groups is 1. The van der Waals surface area contributed by atoms with E-state index in [4.69, 9.17) is 0 Å². The van der Waals surface area contributed by atoms with Crippen LogP contribution in [0.2, 0.25) is 0 Å². The van der Waals surface area contributed by atoms with Gasteiger partial charge in [0.05, 0.1) is 17.1 Å². The first-order chi connectivity index (χ1) is 13.5. The van der Waals surface area contributed by atoms with E-state index in [-0.39, 0.29) is 11.8 Å². The minimum Gasteiger partial charge on any atom is -0.854 e. The molecular weight excluding hydrogens is 374 g/mol. The van der Waals surface area contributed by atoms with Gasteiger partial charge in [-0.1, -0.05) is 41.6 Å². The molecule has 0 N–H and O–H groups in total. The van der Waals surface area contributed by atoms with E-state index < -0.39 is 6.17 Å². The molecule has 0 fully saturated rings. The van der Waals surface area contributed by atoms with Crippen LogP contribution in [0.3, 0.4) is 0 Å². The fourth-order valence-corrected chi connectivity index (χ4v) is 3.78. The van der Waals surface area contributed by atoms with Crippen molar-refractivity contribution in [2.45, 2.75) is 31.6 Å². The number of fused-ring (bicyclic) bond motifs is 3. The number of para-hydroxylation sites is 1. The van der Waals surface area contributed by atoms with Crippen molar-refractivity contribution in [1.82, 2.24) is 15.1 Å². The van der Waals surface area contributed by atoms with E-state index in [1.165, 1.54) is 11.8 Å². The van der Waals surface area contributed by atoms with Gasteiger partial charge in [-0.3, -0.25) is 4.79 Å². The van der Waals surface area contributed by atoms with E-state index in [2.05, 4.69) is 15.1 Å². The normalized spacial score (nSPS) is 15.1. The summed E-state index contributed by atoms with van der Waals surface area (Å²) >= 11 is 1.29. The monoisotopic (exact) mass is 393 g/mol. The highest BCUT2D eigenvalue weighted by Gasteiger charge is 2.45. The Morgan fingerprint density at radius 2 is 2.00 bits per heavy atom. The van der Waals surface area contributed by atoms with Gasteiger partial charge in [0, 0.05) is 17.2 Å². The number of rotatable bonds is 3. The van der Waals surface area contributed by atoms with Gasteiger partial charge in [0.25, 0.3) is 10.9 Å². The van der Waals surface area contributed by atoms with Crippen LogP contribution in [0.1, 0.15) is 30.9 Å². The zero-order valence-electron chi connectivity index (χ0n) is 15.8. The van der Waals surface area contributed by atoms with Crippen LogP contribution in [0.25, 0.3) is 11.3 Å². The molecule has 3 aromatic rings. The smallest absolute Gasteiger partial charge is 0.309 e. The predicted octanol–water partition coefficient (Wildman–Crippen LogP) is 2.23. The quantitative estimate of drug-likeness (QED) is 0.501. The van der Waals surface area contributed by atoms with Crippen LogP contribution >= 0.6 is 11.8 Å². The van der Waals surface area contributed by atoms with Crippen molar-refractivity contribution in [1.29, 1.82) is 0 Å². The number of carbonyl (C=O) groups excluding carboxylic acids is 1. The highest BCUT2D eigenvalue weighted by molar-refractivity contribution is 7.98. The molecule has 4 rings (SSSR count).